The number of phenolic OH excluding ortho intramolecular Hbond substituents is 1. The largest absolute Gasteiger partial charge is 0.508 e. The first kappa shape index (κ1) is 18.4. The van der Waals surface area contributed by atoms with Crippen molar-refractivity contribution in [3.63, 3.8) is 0 Å². The van der Waals surface area contributed by atoms with Crippen molar-refractivity contribution in [2.24, 2.45) is 7.05 Å². The minimum Gasteiger partial charge on any atom is -0.508 e. The molecule has 1 aliphatic rings. The highest BCUT2D eigenvalue weighted by molar-refractivity contribution is 7.19. The van der Waals surface area contributed by atoms with Gasteiger partial charge < -0.3 is 9.67 Å². The molecule has 6 heteroatoms. The van der Waals surface area contributed by atoms with Crippen LogP contribution in [0.2, 0.25) is 0 Å². The Morgan fingerprint density at radius 1 is 1.11 bits per heavy atom. The number of aryl methyl sites for hydroxylation is 2. The molecule has 0 saturated heterocycles. The van der Waals surface area contributed by atoms with Crippen molar-refractivity contribution in [1.29, 1.82) is 0 Å². The van der Waals surface area contributed by atoms with Crippen molar-refractivity contribution in [2.45, 2.75) is 51.1 Å². The van der Waals surface area contributed by atoms with Crippen molar-refractivity contribution in [3.05, 3.63) is 40.3 Å². The standard InChI is InChI=1S/C21H22F3NOS/c1-12-10-17-20(27-12)18(13-6-4-3-5-7-13)19(25(17)2)15-9-8-14(26)11-16(15)21(22,23)24/h8-11,13,26H,3-7H2,1-2H3. The van der Waals surface area contributed by atoms with Gasteiger partial charge in [0.2, 0.25) is 0 Å². The van der Waals surface area contributed by atoms with Crippen molar-refractivity contribution in [3.8, 4) is 17.0 Å². The van der Waals surface area contributed by atoms with Crippen LogP contribution >= 0.6 is 11.3 Å². The van der Waals surface area contributed by atoms with Gasteiger partial charge in [-0.1, -0.05) is 19.3 Å². The first-order valence-corrected chi connectivity index (χ1v) is 10.1. The Hall–Kier alpha value is -1.95. The Morgan fingerprint density at radius 3 is 2.48 bits per heavy atom. The Morgan fingerprint density at radius 2 is 1.81 bits per heavy atom. The molecule has 0 radical (unpaired) electrons. The maximum atomic E-state index is 13.7. The molecule has 0 spiro atoms. The summed E-state index contributed by atoms with van der Waals surface area (Å²) in [5.74, 6) is -0.0810. The zero-order chi connectivity index (χ0) is 19.3. The Bertz CT molecular complexity index is 993. The third-order valence-electron chi connectivity index (χ3n) is 5.61. The number of aromatic nitrogens is 1. The van der Waals surface area contributed by atoms with Gasteiger partial charge in [0.15, 0.2) is 0 Å². The number of nitrogens with zero attached hydrogens (tertiary/aromatic N) is 1. The maximum absolute atomic E-state index is 13.7. The fraction of sp³-hybridized carbons (Fsp3) is 0.429. The van der Waals surface area contributed by atoms with E-state index in [0.29, 0.717) is 5.69 Å². The lowest BCUT2D eigenvalue weighted by Crippen LogP contribution is -2.11. The van der Waals surface area contributed by atoms with Gasteiger partial charge in [-0.05, 0) is 55.5 Å². The molecule has 0 unspecified atom stereocenters. The van der Waals surface area contributed by atoms with Crippen LogP contribution in [0.5, 0.6) is 5.75 Å². The van der Waals surface area contributed by atoms with Crippen LogP contribution < -0.4 is 0 Å². The first-order valence-electron chi connectivity index (χ1n) is 9.26. The van der Waals surface area contributed by atoms with E-state index in [1.54, 1.807) is 11.3 Å². The predicted octanol–water partition coefficient (Wildman–Crippen LogP) is 6.99. The van der Waals surface area contributed by atoms with E-state index in [4.69, 9.17) is 0 Å². The molecule has 2 nitrogen and oxygen atoms in total. The lowest BCUT2D eigenvalue weighted by atomic mass is 9.82. The third kappa shape index (κ3) is 3.14. The first-order chi connectivity index (χ1) is 12.8. The molecule has 0 amide bonds. The van der Waals surface area contributed by atoms with Gasteiger partial charge in [-0.3, -0.25) is 0 Å². The molecular formula is C21H22F3NOS. The van der Waals surface area contributed by atoms with E-state index in [-0.39, 0.29) is 17.2 Å². The van der Waals surface area contributed by atoms with Crippen LogP contribution in [0.4, 0.5) is 13.2 Å². The van der Waals surface area contributed by atoms with Crippen LogP contribution in [0.15, 0.2) is 24.3 Å². The van der Waals surface area contributed by atoms with Crippen LogP contribution in [0, 0.1) is 6.92 Å². The number of thiophene rings is 1. The number of benzene rings is 1. The van der Waals surface area contributed by atoms with Crippen LogP contribution in [-0.4, -0.2) is 9.67 Å². The van der Waals surface area contributed by atoms with Crippen LogP contribution in [-0.2, 0) is 13.2 Å². The number of rotatable bonds is 2. The summed E-state index contributed by atoms with van der Waals surface area (Å²) in [7, 11) is 1.85. The summed E-state index contributed by atoms with van der Waals surface area (Å²) in [5.41, 5.74) is 2.08. The summed E-state index contributed by atoms with van der Waals surface area (Å²) in [6, 6.07) is 5.66. The monoisotopic (exact) mass is 393 g/mol. The van der Waals surface area contributed by atoms with Crippen LogP contribution in [0.25, 0.3) is 21.5 Å². The highest BCUT2D eigenvalue weighted by atomic mass is 32.1. The van der Waals surface area contributed by atoms with Crippen molar-refractivity contribution in [2.75, 3.05) is 0 Å². The molecule has 0 bridgehead atoms. The van der Waals surface area contributed by atoms with Gasteiger partial charge in [-0.25, -0.2) is 0 Å². The molecule has 1 N–H and O–H groups in total. The molecule has 144 valence electrons. The average Bonchev–Trinajstić information content (AvgIpc) is 3.11. The van der Waals surface area contributed by atoms with Gasteiger partial charge in [-0.2, -0.15) is 13.2 Å². The fourth-order valence-corrected chi connectivity index (χ4v) is 5.59. The minimum atomic E-state index is -4.52. The highest BCUT2D eigenvalue weighted by Gasteiger charge is 2.37. The number of hydrogen-bond acceptors (Lipinski definition) is 2. The molecule has 1 aromatic carbocycles. The summed E-state index contributed by atoms with van der Waals surface area (Å²) in [4.78, 5) is 1.17. The minimum absolute atomic E-state index is 0.157. The lowest BCUT2D eigenvalue weighted by molar-refractivity contribution is -0.137. The second-order valence-electron chi connectivity index (χ2n) is 7.46. The molecule has 0 atom stereocenters. The number of halogens is 3. The van der Waals surface area contributed by atoms with E-state index < -0.39 is 11.7 Å². The van der Waals surface area contributed by atoms with E-state index in [0.717, 1.165) is 47.5 Å². The summed E-state index contributed by atoms with van der Waals surface area (Å²) >= 11 is 1.67. The smallest absolute Gasteiger partial charge is 0.417 e. The molecule has 3 aromatic rings. The second-order valence-corrected chi connectivity index (χ2v) is 8.71. The van der Waals surface area contributed by atoms with Crippen molar-refractivity contribution in [1.82, 2.24) is 4.57 Å². The van der Waals surface area contributed by atoms with E-state index in [1.165, 1.54) is 23.4 Å². The summed E-state index contributed by atoms with van der Waals surface area (Å²) in [6.07, 6.45) is 0.938. The Kier molecular flexibility index (Phi) is 4.49. The predicted molar refractivity (Wildman–Crippen MR) is 103 cm³/mol. The normalized spacial score (nSPS) is 16.3. The Balaban J connectivity index is 2.03. The van der Waals surface area contributed by atoms with Crippen LogP contribution in [0.1, 0.15) is 54.0 Å². The quantitative estimate of drug-likeness (QED) is 0.499. The topological polar surface area (TPSA) is 25.2 Å². The number of phenols is 1. The average molecular weight is 393 g/mol. The second kappa shape index (κ2) is 6.59. The molecule has 2 heterocycles. The van der Waals surface area contributed by atoms with Gasteiger partial charge in [0, 0.05) is 17.5 Å². The molecule has 1 aliphatic carbocycles. The number of alkyl halides is 3. The van der Waals surface area contributed by atoms with Gasteiger partial charge in [-0.15, -0.1) is 11.3 Å². The van der Waals surface area contributed by atoms with Crippen molar-refractivity contribution < 1.29 is 18.3 Å². The van der Waals surface area contributed by atoms with Crippen molar-refractivity contribution >= 4 is 21.6 Å². The molecule has 0 aliphatic heterocycles. The maximum Gasteiger partial charge on any atom is 0.417 e. The zero-order valence-corrected chi connectivity index (χ0v) is 16.2. The molecule has 1 saturated carbocycles. The number of aromatic hydroxyl groups is 1. The lowest BCUT2D eigenvalue weighted by Gasteiger charge is -2.24. The van der Waals surface area contributed by atoms with Crippen LogP contribution in [0.3, 0.4) is 0 Å². The molecule has 2 aromatic heterocycles. The zero-order valence-electron chi connectivity index (χ0n) is 15.4. The van der Waals surface area contributed by atoms with E-state index >= 15 is 0 Å². The van der Waals surface area contributed by atoms with Gasteiger partial charge in [0.1, 0.15) is 5.75 Å². The molecule has 4 rings (SSSR count). The SMILES string of the molecule is Cc1cc2c(s1)c(C1CCCCC1)c(-c1ccc(O)cc1C(F)(F)F)n2C. The summed E-state index contributed by atoms with van der Waals surface area (Å²) in [5, 5.41) is 9.67. The highest BCUT2D eigenvalue weighted by Crippen LogP contribution is 2.49. The van der Waals surface area contributed by atoms with Gasteiger partial charge in [0.05, 0.1) is 21.5 Å². The van der Waals surface area contributed by atoms with Gasteiger partial charge >= 0.3 is 6.18 Å². The Labute approximate surface area is 160 Å². The van der Waals surface area contributed by atoms with E-state index in [9.17, 15) is 18.3 Å². The molecule has 27 heavy (non-hydrogen) atoms. The fourth-order valence-electron chi connectivity index (χ4n) is 4.42. The molecule has 1 fully saturated rings. The molecular weight excluding hydrogens is 371 g/mol. The third-order valence-corrected chi connectivity index (χ3v) is 6.68. The van der Waals surface area contributed by atoms with E-state index in [2.05, 4.69) is 6.07 Å². The van der Waals surface area contributed by atoms with E-state index in [1.807, 2.05) is 18.5 Å². The number of hydrogen-bond donors (Lipinski definition) is 1. The number of fused-ring (bicyclic) bond motifs is 1. The van der Waals surface area contributed by atoms with Gasteiger partial charge in [0.25, 0.3) is 0 Å². The summed E-state index contributed by atoms with van der Waals surface area (Å²) < 4.78 is 44.3. The summed E-state index contributed by atoms with van der Waals surface area (Å²) in [6.45, 7) is 2.04.